The molecule has 0 radical (unpaired) electrons. The van der Waals surface area contributed by atoms with Crippen LogP contribution in [0.2, 0.25) is 0 Å². The molecule has 0 heterocycles. The fourth-order valence-electron chi connectivity index (χ4n) is 2.24. The monoisotopic (exact) mass is 338 g/mol. The van der Waals surface area contributed by atoms with Gasteiger partial charge in [0.1, 0.15) is 5.75 Å². The first-order chi connectivity index (χ1) is 10.2. The Labute approximate surface area is 133 Å². The molecule has 0 bridgehead atoms. The fraction of sp³-hybridized carbons (Fsp3) is 0.0526. The SMILES string of the molecule is COc1ccc2cc(/C=C/c3ccc(Br)cc3)ccc2c1. The molecule has 3 aromatic rings. The molecule has 0 aliphatic heterocycles. The molecular formula is C19H15BrO. The summed E-state index contributed by atoms with van der Waals surface area (Å²) in [6.07, 6.45) is 4.25. The molecule has 0 saturated carbocycles. The van der Waals surface area contributed by atoms with E-state index in [1.165, 1.54) is 21.9 Å². The lowest BCUT2D eigenvalue weighted by atomic mass is 10.1. The Morgan fingerprint density at radius 2 is 1.38 bits per heavy atom. The van der Waals surface area contributed by atoms with Crippen LogP contribution >= 0.6 is 15.9 Å². The van der Waals surface area contributed by atoms with Gasteiger partial charge in [0.25, 0.3) is 0 Å². The van der Waals surface area contributed by atoms with Crippen LogP contribution in [-0.4, -0.2) is 7.11 Å². The summed E-state index contributed by atoms with van der Waals surface area (Å²) >= 11 is 3.45. The number of benzene rings is 3. The Kier molecular flexibility index (Phi) is 4.07. The molecule has 1 nitrogen and oxygen atoms in total. The number of methoxy groups -OCH3 is 1. The second-order valence-electron chi connectivity index (χ2n) is 4.86. The van der Waals surface area contributed by atoms with E-state index in [1.54, 1.807) is 7.11 Å². The summed E-state index contributed by atoms with van der Waals surface area (Å²) in [5.41, 5.74) is 2.38. The minimum atomic E-state index is 0.889. The molecule has 0 aromatic heterocycles. The van der Waals surface area contributed by atoms with Crippen molar-refractivity contribution in [3.05, 3.63) is 76.3 Å². The summed E-state index contributed by atoms with van der Waals surface area (Å²) in [7, 11) is 1.69. The summed E-state index contributed by atoms with van der Waals surface area (Å²) in [5, 5.41) is 2.41. The fourth-order valence-corrected chi connectivity index (χ4v) is 2.50. The third-order valence-electron chi connectivity index (χ3n) is 3.41. The number of halogens is 1. The van der Waals surface area contributed by atoms with E-state index in [0.29, 0.717) is 0 Å². The maximum atomic E-state index is 5.25. The number of hydrogen-bond acceptors (Lipinski definition) is 1. The zero-order valence-corrected chi connectivity index (χ0v) is 13.3. The van der Waals surface area contributed by atoms with Crippen molar-refractivity contribution < 1.29 is 4.74 Å². The van der Waals surface area contributed by atoms with Gasteiger partial charge in [0.05, 0.1) is 7.11 Å². The molecule has 0 N–H and O–H groups in total. The van der Waals surface area contributed by atoms with E-state index >= 15 is 0 Å². The van der Waals surface area contributed by atoms with Crippen LogP contribution in [0.4, 0.5) is 0 Å². The van der Waals surface area contributed by atoms with E-state index in [4.69, 9.17) is 4.74 Å². The topological polar surface area (TPSA) is 9.23 Å². The highest BCUT2D eigenvalue weighted by Gasteiger charge is 1.97. The molecule has 104 valence electrons. The Balaban J connectivity index is 1.88. The largest absolute Gasteiger partial charge is 0.497 e. The van der Waals surface area contributed by atoms with Gasteiger partial charge in [-0.15, -0.1) is 0 Å². The van der Waals surface area contributed by atoms with Crippen LogP contribution in [0.1, 0.15) is 11.1 Å². The maximum Gasteiger partial charge on any atom is 0.119 e. The van der Waals surface area contributed by atoms with Crippen LogP contribution in [-0.2, 0) is 0 Å². The Bertz CT molecular complexity index is 788. The van der Waals surface area contributed by atoms with Crippen molar-refractivity contribution in [3.63, 3.8) is 0 Å². The van der Waals surface area contributed by atoms with Crippen LogP contribution in [0, 0.1) is 0 Å². The molecule has 0 aliphatic rings. The Morgan fingerprint density at radius 3 is 2.14 bits per heavy atom. The van der Waals surface area contributed by atoms with Crippen molar-refractivity contribution in [3.8, 4) is 5.75 Å². The molecule has 0 aliphatic carbocycles. The minimum Gasteiger partial charge on any atom is -0.497 e. The highest BCUT2D eigenvalue weighted by Crippen LogP contribution is 2.22. The molecule has 0 atom stereocenters. The lowest BCUT2D eigenvalue weighted by molar-refractivity contribution is 0.415. The summed E-state index contributed by atoms with van der Waals surface area (Å²) in [4.78, 5) is 0. The van der Waals surface area contributed by atoms with E-state index in [-0.39, 0.29) is 0 Å². The summed E-state index contributed by atoms with van der Waals surface area (Å²) in [6, 6.07) is 20.8. The zero-order valence-electron chi connectivity index (χ0n) is 11.7. The molecule has 0 spiro atoms. The van der Waals surface area contributed by atoms with Gasteiger partial charge in [-0.3, -0.25) is 0 Å². The van der Waals surface area contributed by atoms with E-state index in [0.717, 1.165) is 10.2 Å². The molecule has 2 heteroatoms. The van der Waals surface area contributed by atoms with Gasteiger partial charge in [-0.05, 0) is 52.2 Å². The molecule has 0 unspecified atom stereocenters. The van der Waals surface area contributed by atoms with E-state index in [1.807, 2.05) is 18.2 Å². The number of ether oxygens (including phenoxy) is 1. The van der Waals surface area contributed by atoms with Gasteiger partial charge in [-0.1, -0.05) is 58.4 Å². The second-order valence-corrected chi connectivity index (χ2v) is 5.77. The lowest BCUT2D eigenvalue weighted by Gasteiger charge is -2.03. The molecule has 0 saturated heterocycles. The van der Waals surface area contributed by atoms with Crippen molar-refractivity contribution in [2.24, 2.45) is 0 Å². The predicted molar refractivity (Wildman–Crippen MR) is 93.6 cm³/mol. The second kappa shape index (κ2) is 6.15. The van der Waals surface area contributed by atoms with Gasteiger partial charge >= 0.3 is 0 Å². The van der Waals surface area contributed by atoms with Gasteiger partial charge in [0.2, 0.25) is 0 Å². The Hall–Kier alpha value is -2.06. The first-order valence-electron chi connectivity index (χ1n) is 6.76. The standard InChI is InChI=1S/C19H15BrO/c1-21-19-11-8-16-12-15(4-7-17(16)13-19)3-2-14-5-9-18(20)10-6-14/h2-13H,1H3/b3-2+. The average molecular weight is 339 g/mol. The number of fused-ring (bicyclic) bond motifs is 1. The quantitative estimate of drug-likeness (QED) is 0.550. The first-order valence-corrected chi connectivity index (χ1v) is 7.55. The molecule has 0 amide bonds. The molecule has 0 fully saturated rings. The summed E-state index contributed by atoms with van der Waals surface area (Å²) < 4.78 is 6.35. The molecule has 3 aromatic carbocycles. The van der Waals surface area contributed by atoms with Gasteiger partial charge in [-0.25, -0.2) is 0 Å². The van der Waals surface area contributed by atoms with Crippen LogP contribution in [0.25, 0.3) is 22.9 Å². The van der Waals surface area contributed by atoms with Gasteiger partial charge in [0, 0.05) is 4.47 Å². The third-order valence-corrected chi connectivity index (χ3v) is 3.94. The molecular weight excluding hydrogens is 324 g/mol. The van der Waals surface area contributed by atoms with E-state index < -0.39 is 0 Å². The molecule has 3 rings (SSSR count). The molecule has 21 heavy (non-hydrogen) atoms. The predicted octanol–water partition coefficient (Wildman–Crippen LogP) is 5.78. The van der Waals surface area contributed by atoms with Crippen molar-refractivity contribution in [2.75, 3.05) is 7.11 Å². The van der Waals surface area contributed by atoms with Gasteiger partial charge in [0.15, 0.2) is 0 Å². The normalized spacial score (nSPS) is 11.1. The van der Waals surface area contributed by atoms with Crippen molar-refractivity contribution in [2.45, 2.75) is 0 Å². The third kappa shape index (κ3) is 3.34. The highest BCUT2D eigenvalue weighted by molar-refractivity contribution is 9.10. The van der Waals surface area contributed by atoms with Crippen molar-refractivity contribution in [1.29, 1.82) is 0 Å². The lowest BCUT2D eigenvalue weighted by Crippen LogP contribution is -1.82. The van der Waals surface area contributed by atoms with Crippen molar-refractivity contribution >= 4 is 38.9 Å². The van der Waals surface area contributed by atoms with Gasteiger partial charge in [-0.2, -0.15) is 0 Å². The zero-order chi connectivity index (χ0) is 14.7. The summed E-state index contributed by atoms with van der Waals surface area (Å²) in [6.45, 7) is 0. The Morgan fingerprint density at radius 1 is 0.762 bits per heavy atom. The maximum absolute atomic E-state index is 5.25. The number of hydrogen-bond donors (Lipinski definition) is 0. The number of rotatable bonds is 3. The highest BCUT2D eigenvalue weighted by atomic mass is 79.9. The van der Waals surface area contributed by atoms with Crippen molar-refractivity contribution in [1.82, 2.24) is 0 Å². The van der Waals surface area contributed by atoms with Gasteiger partial charge < -0.3 is 4.74 Å². The van der Waals surface area contributed by atoms with Crippen LogP contribution in [0.5, 0.6) is 5.75 Å². The van der Waals surface area contributed by atoms with Crippen LogP contribution in [0.15, 0.2) is 65.1 Å². The summed E-state index contributed by atoms with van der Waals surface area (Å²) in [5.74, 6) is 0.889. The minimum absolute atomic E-state index is 0.889. The smallest absolute Gasteiger partial charge is 0.119 e. The van der Waals surface area contributed by atoms with Crippen LogP contribution in [0.3, 0.4) is 0 Å². The average Bonchev–Trinajstić information content (AvgIpc) is 2.53. The van der Waals surface area contributed by atoms with Crippen LogP contribution < -0.4 is 4.74 Å². The van der Waals surface area contributed by atoms with E-state index in [2.05, 4.69) is 70.5 Å². The first kappa shape index (κ1) is 13.9. The van der Waals surface area contributed by atoms with E-state index in [9.17, 15) is 0 Å².